The van der Waals surface area contributed by atoms with Gasteiger partial charge in [-0.3, -0.25) is 0 Å². The number of halogens is 1. The van der Waals surface area contributed by atoms with Crippen LogP contribution < -0.4 is 15.1 Å². The van der Waals surface area contributed by atoms with Crippen LogP contribution in [0, 0.1) is 0 Å². The average Bonchev–Trinajstić information content (AvgIpc) is 2.77. The summed E-state index contributed by atoms with van der Waals surface area (Å²) in [6.45, 7) is 0.731. The highest BCUT2D eigenvalue weighted by molar-refractivity contribution is 9.10. The summed E-state index contributed by atoms with van der Waals surface area (Å²) >= 11 is 3.53. The van der Waals surface area contributed by atoms with Crippen LogP contribution in [0.15, 0.2) is 28.9 Å². The van der Waals surface area contributed by atoms with Gasteiger partial charge in [0.2, 0.25) is 5.95 Å². The van der Waals surface area contributed by atoms with E-state index in [9.17, 15) is 0 Å². The van der Waals surface area contributed by atoms with E-state index < -0.39 is 0 Å². The molecule has 0 radical (unpaired) electrons. The van der Waals surface area contributed by atoms with E-state index in [2.05, 4.69) is 53.9 Å². The molecule has 0 atom stereocenters. The minimum Gasteiger partial charge on any atom is -0.378 e. The van der Waals surface area contributed by atoms with Crippen molar-refractivity contribution < 1.29 is 0 Å². The number of rotatable bonds is 5. The van der Waals surface area contributed by atoms with Gasteiger partial charge in [-0.15, -0.1) is 0 Å². The van der Waals surface area contributed by atoms with E-state index >= 15 is 0 Å². The predicted molar refractivity (Wildman–Crippen MR) is 93.3 cm³/mol. The van der Waals surface area contributed by atoms with E-state index in [1.165, 1.54) is 0 Å². The van der Waals surface area contributed by atoms with Crippen molar-refractivity contribution >= 4 is 33.3 Å². The van der Waals surface area contributed by atoms with Crippen LogP contribution in [0.25, 0.3) is 0 Å². The lowest BCUT2D eigenvalue weighted by Crippen LogP contribution is -2.16. The lowest BCUT2D eigenvalue weighted by molar-refractivity contribution is 0.814. The highest BCUT2D eigenvalue weighted by Crippen LogP contribution is 2.28. The van der Waals surface area contributed by atoms with E-state index in [0.717, 1.165) is 34.0 Å². The van der Waals surface area contributed by atoms with E-state index in [1.807, 2.05) is 46.3 Å². The van der Waals surface area contributed by atoms with Gasteiger partial charge in [-0.1, -0.05) is 15.9 Å². The monoisotopic (exact) mass is 351 g/mol. The number of nitrogens with one attached hydrogen (secondary N) is 1. The maximum absolute atomic E-state index is 4.43. The molecule has 1 N–H and O–H groups in total. The molecule has 2 rings (SSSR count). The van der Waals surface area contributed by atoms with Crippen LogP contribution in [-0.4, -0.2) is 37.7 Å². The van der Waals surface area contributed by atoms with Gasteiger partial charge >= 0.3 is 0 Å². The first-order valence-corrected chi connectivity index (χ1v) is 7.58. The zero-order valence-electron chi connectivity index (χ0n) is 13.2. The SMILES string of the molecule is CN(C)c1ccc(Br)cc1NCc1cnc(N(C)C)n1C. The minimum atomic E-state index is 0.731. The Morgan fingerprint density at radius 1 is 1.19 bits per heavy atom. The number of nitrogens with zero attached hydrogens (tertiary/aromatic N) is 4. The molecule has 1 aromatic heterocycles. The van der Waals surface area contributed by atoms with Gasteiger partial charge in [0, 0.05) is 39.7 Å². The predicted octanol–water partition coefficient (Wildman–Crippen LogP) is 2.93. The Balaban J connectivity index is 2.18. The third-order valence-electron chi connectivity index (χ3n) is 3.36. The largest absolute Gasteiger partial charge is 0.378 e. The molecule has 1 aromatic carbocycles. The Kier molecular flexibility index (Phi) is 4.77. The van der Waals surface area contributed by atoms with Crippen molar-refractivity contribution in [2.45, 2.75) is 6.54 Å². The first kappa shape index (κ1) is 15.7. The highest BCUT2D eigenvalue weighted by Gasteiger charge is 2.10. The lowest BCUT2D eigenvalue weighted by Gasteiger charge is -2.19. The standard InChI is InChI=1S/C15H22BrN5/c1-19(2)14-7-6-11(16)8-13(14)17-9-12-10-18-15(20(3)4)21(12)5/h6-8,10,17H,9H2,1-5H3. The first-order valence-electron chi connectivity index (χ1n) is 6.79. The van der Waals surface area contributed by atoms with Gasteiger partial charge in [0.1, 0.15) is 0 Å². The lowest BCUT2D eigenvalue weighted by atomic mass is 10.2. The number of aromatic nitrogens is 2. The smallest absolute Gasteiger partial charge is 0.204 e. The number of benzene rings is 1. The zero-order valence-corrected chi connectivity index (χ0v) is 14.8. The molecule has 1 heterocycles. The third kappa shape index (κ3) is 3.50. The van der Waals surface area contributed by atoms with Crippen molar-refractivity contribution in [2.24, 2.45) is 7.05 Å². The molecule has 0 unspecified atom stereocenters. The van der Waals surface area contributed by atoms with E-state index in [4.69, 9.17) is 0 Å². The molecular weight excluding hydrogens is 330 g/mol. The molecule has 0 bridgehead atoms. The summed E-state index contributed by atoms with van der Waals surface area (Å²) in [4.78, 5) is 8.54. The van der Waals surface area contributed by atoms with Gasteiger partial charge in [0.05, 0.1) is 29.8 Å². The molecule has 6 heteroatoms. The summed E-state index contributed by atoms with van der Waals surface area (Å²) in [5, 5.41) is 3.49. The maximum atomic E-state index is 4.43. The Morgan fingerprint density at radius 3 is 2.48 bits per heavy atom. The van der Waals surface area contributed by atoms with Crippen molar-refractivity contribution in [1.29, 1.82) is 0 Å². The van der Waals surface area contributed by atoms with Crippen LogP contribution in [0.1, 0.15) is 5.69 Å². The molecule has 0 saturated carbocycles. The van der Waals surface area contributed by atoms with E-state index in [-0.39, 0.29) is 0 Å². The average molecular weight is 352 g/mol. The second-order valence-corrected chi connectivity index (χ2v) is 6.33. The summed E-state index contributed by atoms with van der Waals surface area (Å²) in [5.74, 6) is 0.953. The van der Waals surface area contributed by atoms with Gasteiger partial charge < -0.3 is 19.7 Å². The van der Waals surface area contributed by atoms with Gasteiger partial charge in [0.25, 0.3) is 0 Å². The van der Waals surface area contributed by atoms with Crippen LogP contribution in [0.5, 0.6) is 0 Å². The van der Waals surface area contributed by atoms with Gasteiger partial charge in [-0.2, -0.15) is 0 Å². The van der Waals surface area contributed by atoms with Crippen LogP contribution >= 0.6 is 15.9 Å². The Labute approximate surface area is 134 Å². The van der Waals surface area contributed by atoms with E-state index in [1.54, 1.807) is 0 Å². The van der Waals surface area contributed by atoms with Crippen molar-refractivity contribution in [3.8, 4) is 0 Å². The van der Waals surface area contributed by atoms with Gasteiger partial charge in [-0.05, 0) is 18.2 Å². The molecule has 0 saturated heterocycles. The minimum absolute atomic E-state index is 0.731. The molecule has 0 amide bonds. The van der Waals surface area contributed by atoms with Crippen molar-refractivity contribution in [3.05, 3.63) is 34.6 Å². The molecule has 5 nitrogen and oxygen atoms in total. The van der Waals surface area contributed by atoms with E-state index in [0.29, 0.717) is 0 Å². The molecule has 0 fully saturated rings. The Bertz CT molecular complexity index is 619. The Hall–Kier alpha value is -1.69. The van der Waals surface area contributed by atoms with Crippen molar-refractivity contribution in [2.75, 3.05) is 43.3 Å². The second-order valence-electron chi connectivity index (χ2n) is 5.41. The first-order chi connectivity index (χ1) is 9.90. The van der Waals surface area contributed by atoms with Gasteiger partial charge in [0.15, 0.2) is 0 Å². The number of hydrogen-bond acceptors (Lipinski definition) is 4. The molecule has 2 aromatic rings. The summed E-state index contributed by atoms with van der Waals surface area (Å²) in [5.41, 5.74) is 3.40. The Morgan fingerprint density at radius 2 is 1.90 bits per heavy atom. The molecule has 114 valence electrons. The zero-order chi connectivity index (χ0) is 15.6. The molecule has 0 aliphatic rings. The molecule has 0 aliphatic carbocycles. The van der Waals surface area contributed by atoms with Crippen LogP contribution in [-0.2, 0) is 13.6 Å². The van der Waals surface area contributed by atoms with Gasteiger partial charge in [-0.25, -0.2) is 4.98 Å². The molecule has 0 spiro atoms. The molecule has 21 heavy (non-hydrogen) atoms. The summed E-state index contributed by atoms with van der Waals surface area (Å²) < 4.78 is 3.16. The summed E-state index contributed by atoms with van der Waals surface area (Å²) in [7, 11) is 10.1. The fourth-order valence-corrected chi connectivity index (χ4v) is 2.60. The number of imidazole rings is 1. The summed E-state index contributed by atoms with van der Waals surface area (Å²) in [6, 6.07) is 6.24. The highest BCUT2D eigenvalue weighted by atomic mass is 79.9. The van der Waals surface area contributed by atoms with Crippen LogP contribution in [0.3, 0.4) is 0 Å². The molecule has 0 aliphatic heterocycles. The fourth-order valence-electron chi connectivity index (χ4n) is 2.24. The summed E-state index contributed by atoms with van der Waals surface area (Å²) in [6.07, 6.45) is 1.91. The van der Waals surface area contributed by atoms with Crippen LogP contribution in [0.4, 0.5) is 17.3 Å². The van der Waals surface area contributed by atoms with Crippen LogP contribution in [0.2, 0.25) is 0 Å². The quantitative estimate of drug-likeness (QED) is 0.898. The molecular formula is C15H22BrN5. The second kappa shape index (κ2) is 6.39. The van der Waals surface area contributed by atoms with Crippen molar-refractivity contribution in [1.82, 2.24) is 9.55 Å². The fraction of sp³-hybridized carbons (Fsp3) is 0.400. The topological polar surface area (TPSA) is 36.3 Å². The van der Waals surface area contributed by atoms with Crippen molar-refractivity contribution in [3.63, 3.8) is 0 Å². The normalized spacial score (nSPS) is 10.6. The third-order valence-corrected chi connectivity index (χ3v) is 3.85. The maximum Gasteiger partial charge on any atom is 0.204 e. The number of hydrogen-bond donors (Lipinski definition) is 1. The number of anilines is 3.